The Morgan fingerprint density at radius 2 is 2.05 bits per heavy atom. The maximum absolute atomic E-state index is 14.0. The van der Waals surface area contributed by atoms with Crippen LogP contribution in [0.25, 0.3) is 0 Å². The number of piperazine rings is 1. The smallest absolute Gasteiger partial charge is 0.147 e. The molecule has 1 aliphatic heterocycles. The van der Waals surface area contributed by atoms with Crippen molar-refractivity contribution in [2.75, 3.05) is 24.5 Å². The molecule has 1 heterocycles. The van der Waals surface area contributed by atoms with Crippen molar-refractivity contribution < 1.29 is 8.78 Å². The van der Waals surface area contributed by atoms with Crippen LogP contribution in [0.5, 0.6) is 0 Å². The molecule has 19 heavy (non-hydrogen) atoms. The van der Waals surface area contributed by atoms with Crippen LogP contribution in [0.3, 0.4) is 0 Å². The van der Waals surface area contributed by atoms with E-state index in [2.05, 4.69) is 28.2 Å². The van der Waals surface area contributed by atoms with Crippen molar-refractivity contribution in [1.29, 1.82) is 0 Å². The Kier molecular flexibility index (Phi) is 3.29. The highest BCUT2D eigenvalue weighted by Gasteiger charge is 2.44. The summed E-state index contributed by atoms with van der Waals surface area (Å²) < 4.78 is 27.8. The zero-order valence-corrected chi connectivity index (χ0v) is 12.4. The van der Waals surface area contributed by atoms with E-state index < -0.39 is 5.82 Å². The standard InChI is InChI=1S/C14H17BrF2N2/c1-14(9-2-3-9)8-19(5-4-18-14)13-7-11(16)10(15)6-12(13)17/h6-7,9,18H,2-5,8H2,1H3. The molecule has 1 aromatic carbocycles. The first kappa shape index (κ1) is 13.3. The molecule has 0 radical (unpaired) electrons. The molecular formula is C14H17BrF2N2. The average molecular weight is 331 g/mol. The highest BCUT2D eigenvalue weighted by atomic mass is 79.9. The second-order valence-electron chi connectivity index (χ2n) is 5.76. The Bertz CT molecular complexity index is 504. The number of nitrogens with one attached hydrogen (secondary N) is 1. The van der Waals surface area contributed by atoms with Gasteiger partial charge in [-0.3, -0.25) is 0 Å². The fraction of sp³-hybridized carbons (Fsp3) is 0.571. The van der Waals surface area contributed by atoms with Crippen molar-refractivity contribution in [2.45, 2.75) is 25.3 Å². The van der Waals surface area contributed by atoms with Gasteiger partial charge >= 0.3 is 0 Å². The number of anilines is 1. The Morgan fingerprint density at radius 3 is 2.74 bits per heavy atom. The monoisotopic (exact) mass is 330 g/mol. The lowest BCUT2D eigenvalue weighted by Gasteiger charge is -2.43. The van der Waals surface area contributed by atoms with E-state index in [0.717, 1.165) is 13.1 Å². The summed E-state index contributed by atoms with van der Waals surface area (Å²) in [6.07, 6.45) is 2.46. The lowest BCUT2D eigenvalue weighted by Crippen LogP contribution is -2.60. The Labute approximate surface area is 120 Å². The van der Waals surface area contributed by atoms with E-state index in [9.17, 15) is 8.78 Å². The number of hydrogen-bond acceptors (Lipinski definition) is 2. The molecule has 2 fully saturated rings. The molecule has 104 valence electrons. The van der Waals surface area contributed by atoms with Crippen LogP contribution in [0.2, 0.25) is 0 Å². The van der Waals surface area contributed by atoms with Gasteiger partial charge in [-0.05, 0) is 47.7 Å². The van der Waals surface area contributed by atoms with Gasteiger partial charge < -0.3 is 10.2 Å². The maximum atomic E-state index is 14.0. The van der Waals surface area contributed by atoms with Gasteiger partial charge in [-0.25, -0.2) is 8.78 Å². The van der Waals surface area contributed by atoms with E-state index >= 15 is 0 Å². The van der Waals surface area contributed by atoms with E-state index in [1.165, 1.54) is 25.0 Å². The van der Waals surface area contributed by atoms with Crippen LogP contribution >= 0.6 is 15.9 Å². The van der Waals surface area contributed by atoms with Gasteiger partial charge in [0.15, 0.2) is 0 Å². The van der Waals surface area contributed by atoms with Gasteiger partial charge in [0.1, 0.15) is 11.6 Å². The molecule has 1 unspecified atom stereocenters. The average Bonchev–Trinajstić information content (AvgIpc) is 3.18. The van der Waals surface area contributed by atoms with E-state index in [0.29, 0.717) is 18.2 Å². The van der Waals surface area contributed by atoms with Gasteiger partial charge in [-0.1, -0.05) is 0 Å². The molecular weight excluding hydrogens is 314 g/mol. The number of halogens is 3. The quantitative estimate of drug-likeness (QED) is 0.837. The SMILES string of the molecule is CC1(C2CC2)CN(c2cc(F)c(Br)cc2F)CCN1. The maximum Gasteiger partial charge on any atom is 0.147 e. The molecule has 5 heteroatoms. The summed E-state index contributed by atoms with van der Waals surface area (Å²) in [4.78, 5) is 1.96. The number of hydrogen-bond donors (Lipinski definition) is 1. The molecule has 1 aliphatic carbocycles. The minimum absolute atomic E-state index is 0.0221. The molecule has 2 aliphatic rings. The van der Waals surface area contributed by atoms with Gasteiger partial charge in [0.2, 0.25) is 0 Å². The third-order valence-electron chi connectivity index (χ3n) is 4.24. The zero-order valence-electron chi connectivity index (χ0n) is 10.8. The first-order chi connectivity index (χ1) is 8.99. The highest BCUT2D eigenvalue weighted by Crippen LogP contribution is 2.41. The Morgan fingerprint density at radius 1 is 1.32 bits per heavy atom. The summed E-state index contributed by atoms with van der Waals surface area (Å²) in [6.45, 7) is 4.43. The second kappa shape index (κ2) is 4.70. The van der Waals surface area contributed by atoms with Crippen molar-refractivity contribution in [3.8, 4) is 0 Å². The largest absolute Gasteiger partial charge is 0.366 e. The van der Waals surface area contributed by atoms with Crippen LogP contribution in [0, 0.1) is 17.6 Å². The molecule has 2 nitrogen and oxygen atoms in total. The molecule has 0 aromatic heterocycles. The molecule has 1 saturated heterocycles. The number of rotatable bonds is 2. The molecule has 0 bridgehead atoms. The van der Waals surface area contributed by atoms with Crippen LogP contribution in [-0.2, 0) is 0 Å². The summed E-state index contributed by atoms with van der Waals surface area (Å²) in [7, 11) is 0. The fourth-order valence-electron chi connectivity index (χ4n) is 2.96. The van der Waals surface area contributed by atoms with Crippen molar-refractivity contribution in [3.63, 3.8) is 0 Å². The van der Waals surface area contributed by atoms with Crippen LogP contribution in [0.4, 0.5) is 14.5 Å². The first-order valence-electron chi connectivity index (χ1n) is 6.64. The van der Waals surface area contributed by atoms with Gasteiger partial charge in [0, 0.05) is 31.2 Å². The van der Waals surface area contributed by atoms with Gasteiger partial charge in [-0.2, -0.15) is 0 Å². The number of nitrogens with zero attached hydrogens (tertiary/aromatic N) is 1. The second-order valence-corrected chi connectivity index (χ2v) is 6.61. The molecule has 1 saturated carbocycles. The van der Waals surface area contributed by atoms with Crippen LogP contribution < -0.4 is 10.2 Å². The molecule has 1 N–H and O–H groups in total. The third-order valence-corrected chi connectivity index (χ3v) is 4.85. The van der Waals surface area contributed by atoms with E-state index in [1.54, 1.807) is 0 Å². The summed E-state index contributed by atoms with van der Waals surface area (Å²) in [5, 5.41) is 3.54. The first-order valence-corrected chi connectivity index (χ1v) is 7.43. The normalized spacial score (nSPS) is 27.7. The lowest BCUT2D eigenvalue weighted by molar-refractivity contribution is 0.284. The van der Waals surface area contributed by atoms with E-state index in [4.69, 9.17) is 0 Å². The van der Waals surface area contributed by atoms with Gasteiger partial charge in [-0.15, -0.1) is 0 Å². The molecule has 0 spiro atoms. The summed E-state index contributed by atoms with van der Waals surface area (Å²) in [5.41, 5.74) is 0.392. The Balaban J connectivity index is 1.87. The van der Waals surface area contributed by atoms with E-state index in [-0.39, 0.29) is 15.8 Å². The van der Waals surface area contributed by atoms with Crippen molar-refractivity contribution in [1.82, 2.24) is 5.32 Å². The molecule has 1 aromatic rings. The summed E-state index contributed by atoms with van der Waals surface area (Å²) in [6, 6.07) is 2.50. The van der Waals surface area contributed by atoms with Crippen LogP contribution in [-0.4, -0.2) is 25.2 Å². The number of benzene rings is 1. The van der Waals surface area contributed by atoms with Crippen LogP contribution in [0.1, 0.15) is 19.8 Å². The fourth-order valence-corrected chi connectivity index (χ4v) is 3.28. The lowest BCUT2D eigenvalue weighted by atomic mass is 9.92. The van der Waals surface area contributed by atoms with Gasteiger partial charge in [0.05, 0.1) is 10.2 Å². The van der Waals surface area contributed by atoms with Crippen molar-refractivity contribution in [2.24, 2.45) is 5.92 Å². The van der Waals surface area contributed by atoms with Gasteiger partial charge in [0.25, 0.3) is 0 Å². The minimum Gasteiger partial charge on any atom is -0.366 e. The molecule has 0 amide bonds. The predicted molar refractivity (Wildman–Crippen MR) is 75.4 cm³/mol. The van der Waals surface area contributed by atoms with Crippen molar-refractivity contribution in [3.05, 3.63) is 28.2 Å². The molecule has 1 atom stereocenters. The third kappa shape index (κ3) is 2.50. The van der Waals surface area contributed by atoms with Crippen molar-refractivity contribution >= 4 is 21.6 Å². The van der Waals surface area contributed by atoms with E-state index in [1.807, 2.05) is 4.90 Å². The topological polar surface area (TPSA) is 15.3 Å². The highest BCUT2D eigenvalue weighted by molar-refractivity contribution is 9.10. The minimum atomic E-state index is -0.414. The van der Waals surface area contributed by atoms with Crippen LogP contribution in [0.15, 0.2) is 16.6 Å². The Hall–Kier alpha value is -0.680. The summed E-state index contributed by atoms with van der Waals surface area (Å²) >= 11 is 3.01. The zero-order chi connectivity index (χ0) is 13.6. The summed E-state index contributed by atoms with van der Waals surface area (Å²) in [5.74, 6) is -0.116. The molecule has 3 rings (SSSR count). The predicted octanol–water partition coefficient (Wildman–Crippen LogP) is 3.31.